The van der Waals surface area contributed by atoms with E-state index in [2.05, 4.69) is 4.90 Å². The van der Waals surface area contributed by atoms with Gasteiger partial charge < -0.3 is 9.64 Å². The Hall–Kier alpha value is -4.78. The number of benzene rings is 4. The fraction of sp³-hybridized carbons (Fsp3) is 0.161. The Balaban J connectivity index is 1.79. The number of nitrogens with zero attached hydrogens (tertiary/aromatic N) is 3. The van der Waals surface area contributed by atoms with E-state index >= 15 is 0 Å². The average Bonchev–Trinajstić information content (AvgIpc) is 3.30. The first kappa shape index (κ1) is 24.9. The highest BCUT2D eigenvalue weighted by molar-refractivity contribution is 6.04. The molecule has 0 amide bonds. The Bertz CT molecular complexity index is 1440. The summed E-state index contributed by atoms with van der Waals surface area (Å²) in [6, 6.07) is 34.9. The van der Waals surface area contributed by atoms with Crippen LogP contribution < -0.4 is 0 Å². The molecule has 7 nitrogen and oxygen atoms in total. The lowest BCUT2D eigenvalue weighted by molar-refractivity contribution is -0.384. The second-order valence-electron chi connectivity index (χ2n) is 9.02. The fourth-order valence-electron chi connectivity index (χ4n) is 5.03. The van der Waals surface area contributed by atoms with Crippen LogP contribution in [0, 0.1) is 10.1 Å². The maximum absolute atomic E-state index is 14.0. The number of esters is 1. The minimum absolute atomic E-state index is 0.0213. The number of nitro groups is 1. The summed E-state index contributed by atoms with van der Waals surface area (Å²) in [4.78, 5) is 32.3. The van der Waals surface area contributed by atoms with Gasteiger partial charge >= 0.3 is 5.97 Å². The summed E-state index contributed by atoms with van der Waals surface area (Å²) in [5.74, 6) is 0.174. The highest BCUT2D eigenvalue weighted by Crippen LogP contribution is 2.50. The van der Waals surface area contributed by atoms with E-state index < -0.39 is 22.5 Å². The lowest BCUT2D eigenvalue weighted by Crippen LogP contribution is -2.44. The zero-order valence-electron chi connectivity index (χ0n) is 20.9. The van der Waals surface area contributed by atoms with Crippen molar-refractivity contribution in [2.45, 2.75) is 25.0 Å². The molecule has 7 heteroatoms. The van der Waals surface area contributed by atoms with E-state index in [0.717, 1.165) is 16.7 Å². The van der Waals surface area contributed by atoms with Gasteiger partial charge in [-0.3, -0.25) is 10.1 Å². The Kier molecular flexibility index (Phi) is 7.00. The molecule has 1 aliphatic rings. The van der Waals surface area contributed by atoms with E-state index in [4.69, 9.17) is 9.73 Å². The van der Waals surface area contributed by atoms with Crippen molar-refractivity contribution in [3.63, 3.8) is 0 Å². The van der Waals surface area contributed by atoms with E-state index in [9.17, 15) is 14.9 Å². The van der Waals surface area contributed by atoms with Crippen molar-refractivity contribution in [2.24, 2.45) is 4.99 Å². The number of rotatable bonds is 8. The van der Waals surface area contributed by atoms with Gasteiger partial charge in [0.1, 0.15) is 5.84 Å². The predicted molar refractivity (Wildman–Crippen MR) is 146 cm³/mol. The van der Waals surface area contributed by atoms with Crippen LogP contribution in [-0.2, 0) is 21.6 Å². The molecule has 1 aliphatic heterocycles. The first-order valence-corrected chi connectivity index (χ1v) is 12.5. The van der Waals surface area contributed by atoms with Gasteiger partial charge in [-0.05, 0) is 23.6 Å². The molecule has 2 atom stereocenters. The van der Waals surface area contributed by atoms with Crippen molar-refractivity contribution in [2.75, 3.05) is 6.61 Å². The Morgan fingerprint density at radius 2 is 1.47 bits per heavy atom. The molecule has 0 aliphatic carbocycles. The number of aliphatic imine (C=N–C) groups is 1. The molecule has 0 radical (unpaired) electrons. The Morgan fingerprint density at radius 3 is 2.05 bits per heavy atom. The molecule has 0 unspecified atom stereocenters. The van der Waals surface area contributed by atoms with Crippen LogP contribution in [-0.4, -0.2) is 28.2 Å². The molecule has 4 aromatic rings. The average molecular weight is 506 g/mol. The third-order valence-corrected chi connectivity index (χ3v) is 6.71. The normalized spacial score (nSPS) is 18.6. The summed E-state index contributed by atoms with van der Waals surface area (Å²) in [6.07, 6.45) is 0. The molecule has 0 saturated carbocycles. The lowest BCUT2D eigenvalue weighted by Gasteiger charge is -2.37. The molecular weight excluding hydrogens is 478 g/mol. The second-order valence-corrected chi connectivity index (χ2v) is 9.02. The minimum atomic E-state index is -1.44. The molecule has 0 bridgehead atoms. The van der Waals surface area contributed by atoms with Crippen molar-refractivity contribution in [1.29, 1.82) is 0 Å². The first-order chi connectivity index (χ1) is 18.5. The van der Waals surface area contributed by atoms with Crippen LogP contribution in [0.3, 0.4) is 0 Å². The van der Waals surface area contributed by atoms with E-state index in [0.29, 0.717) is 17.9 Å². The van der Waals surface area contributed by atoms with Gasteiger partial charge in [-0.1, -0.05) is 103 Å². The maximum atomic E-state index is 14.0. The molecule has 0 N–H and O–H groups in total. The number of non-ortho nitro benzene ring substituents is 1. The van der Waals surface area contributed by atoms with Crippen LogP contribution in [0.15, 0.2) is 120 Å². The van der Waals surface area contributed by atoms with Crippen LogP contribution in [0.25, 0.3) is 0 Å². The summed E-state index contributed by atoms with van der Waals surface area (Å²) >= 11 is 0. The molecule has 0 spiro atoms. The van der Waals surface area contributed by atoms with Gasteiger partial charge in [-0.15, -0.1) is 0 Å². The van der Waals surface area contributed by atoms with Crippen molar-refractivity contribution < 1.29 is 14.5 Å². The van der Waals surface area contributed by atoms with Gasteiger partial charge in [-0.25, -0.2) is 9.79 Å². The van der Waals surface area contributed by atoms with Gasteiger partial charge in [0.25, 0.3) is 5.69 Å². The molecule has 0 aromatic heterocycles. The second kappa shape index (κ2) is 10.7. The molecule has 0 fully saturated rings. The highest BCUT2D eigenvalue weighted by atomic mass is 16.6. The van der Waals surface area contributed by atoms with Gasteiger partial charge in [-0.2, -0.15) is 0 Å². The van der Waals surface area contributed by atoms with Gasteiger partial charge in [0.2, 0.25) is 5.54 Å². The van der Waals surface area contributed by atoms with Crippen LogP contribution in [0.5, 0.6) is 0 Å². The molecular formula is C31H27N3O4. The van der Waals surface area contributed by atoms with Crippen LogP contribution >= 0.6 is 0 Å². The lowest BCUT2D eigenvalue weighted by atomic mass is 9.79. The molecule has 38 heavy (non-hydrogen) atoms. The zero-order chi connectivity index (χ0) is 26.5. The number of carbonyl (C=O) groups is 1. The summed E-state index contributed by atoms with van der Waals surface area (Å²) < 4.78 is 5.70. The zero-order valence-corrected chi connectivity index (χ0v) is 20.9. The third-order valence-electron chi connectivity index (χ3n) is 6.71. The number of carbonyl (C=O) groups excluding carboxylic acids is 1. The van der Waals surface area contributed by atoms with Crippen molar-refractivity contribution in [3.05, 3.63) is 148 Å². The molecule has 190 valence electrons. The van der Waals surface area contributed by atoms with Gasteiger partial charge in [0.15, 0.2) is 0 Å². The summed E-state index contributed by atoms with van der Waals surface area (Å²) in [5, 5.41) is 11.4. The molecule has 5 rings (SSSR count). The van der Waals surface area contributed by atoms with Crippen molar-refractivity contribution >= 4 is 17.5 Å². The van der Waals surface area contributed by atoms with E-state index in [-0.39, 0.29) is 12.3 Å². The van der Waals surface area contributed by atoms with Crippen molar-refractivity contribution in [1.82, 2.24) is 4.90 Å². The Morgan fingerprint density at radius 1 is 0.895 bits per heavy atom. The quantitative estimate of drug-likeness (QED) is 0.165. The maximum Gasteiger partial charge on any atom is 0.341 e. The number of nitro benzene ring substituents is 1. The number of hydrogen-bond donors (Lipinski definition) is 0. The van der Waals surface area contributed by atoms with Gasteiger partial charge in [0, 0.05) is 24.2 Å². The molecule has 0 saturated heterocycles. The third kappa shape index (κ3) is 4.54. The van der Waals surface area contributed by atoms with Crippen LogP contribution in [0.2, 0.25) is 0 Å². The number of hydrogen-bond acceptors (Lipinski definition) is 6. The Labute approximate surface area is 221 Å². The smallest absolute Gasteiger partial charge is 0.341 e. The van der Waals surface area contributed by atoms with E-state index in [1.807, 2.05) is 91.0 Å². The predicted octanol–water partition coefficient (Wildman–Crippen LogP) is 6.06. The van der Waals surface area contributed by atoms with Crippen LogP contribution in [0.1, 0.15) is 35.2 Å². The fourth-order valence-corrected chi connectivity index (χ4v) is 5.03. The highest BCUT2D eigenvalue weighted by Gasteiger charge is 2.57. The summed E-state index contributed by atoms with van der Waals surface area (Å²) in [6.45, 7) is 2.43. The van der Waals surface area contributed by atoms with E-state index in [1.165, 1.54) is 12.1 Å². The monoisotopic (exact) mass is 505 g/mol. The van der Waals surface area contributed by atoms with Crippen LogP contribution in [0.4, 0.5) is 5.69 Å². The largest absolute Gasteiger partial charge is 0.464 e. The van der Waals surface area contributed by atoms with Gasteiger partial charge in [0.05, 0.1) is 17.6 Å². The number of amidine groups is 1. The molecule has 4 aromatic carbocycles. The molecule has 1 heterocycles. The van der Waals surface area contributed by atoms with E-state index in [1.54, 1.807) is 19.1 Å². The van der Waals surface area contributed by atoms with Crippen molar-refractivity contribution in [3.8, 4) is 0 Å². The summed E-state index contributed by atoms with van der Waals surface area (Å²) in [7, 11) is 0. The topological polar surface area (TPSA) is 85.0 Å². The SMILES string of the molecule is CCOC(=O)[C@]1(c2ccccc2)N=C(c2ccccc2)N(Cc2ccccc2)[C@@H]1c1ccc([N+](=O)[O-])cc1. The minimum Gasteiger partial charge on any atom is -0.464 e. The number of ether oxygens (including phenoxy) is 1. The first-order valence-electron chi connectivity index (χ1n) is 12.5. The summed E-state index contributed by atoms with van der Waals surface area (Å²) in [5.41, 5.74) is 1.84. The standard InChI is InChI=1S/C31H27N3O4/c1-2-38-30(35)31(26-16-10-5-11-17-26)28(24-18-20-27(21-19-24)34(36)37)33(22-23-12-6-3-7-13-23)29(32-31)25-14-8-4-9-15-25/h3-21,28H,2,22H2,1H3/t28-,31-/m1/s1.